The van der Waals surface area contributed by atoms with Crippen molar-refractivity contribution >= 4 is 5.91 Å². The summed E-state index contributed by atoms with van der Waals surface area (Å²) < 4.78 is 0. The van der Waals surface area contributed by atoms with Gasteiger partial charge in [0.25, 0.3) is 0 Å². The van der Waals surface area contributed by atoms with Crippen molar-refractivity contribution < 1.29 is 4.79 Å². The first-order chi connectivity index (χ1) is 8.16. The van der Waals surface area contributed by atoms with Crippen molar-refractivity contribution in [1.82, 2.24) is 15.5 Å². The quantitative estimate of drug-likeness (QED) is 0.757. The van der Waals surface area contributed by atoms with Crippen molar-refractivity contribution in [3.63, 3.8) is 0 Å². The molecule has 4 nitrogen and oxygen atoms in total. The summed E-state index contributed by atoms with van der Waals surface area (Å²) in [4.78, 5) is 14.1. The number of carbonyl (C=O) groups excluding carboxylic acids is 1. The van der Waals surface area contributed by atoms with Crippen molar-refractivity contribution in [2.75, 3.05) is 26.7 Å². The molecular formula is C13H25N3O. The Morgan fingerprint density at radius 2 is 2.06 bits per heavy atom. The van der Waals surface area contributed by atoms with Crippen LogP contribution >= 0.6 is 0 Å². The van der Waals surface area contributed by atoms with E-state index in [2.05, 4.69) is 29.5 Å². The number of piperidine rings is 2. The van der Waals surface area contributed by atoms with E-state index >= 15 is 0 Å². The van der Waals surface area contributed by atoms with E-state index in [1.165, 1.54) is 25.9 Å². The van der Waals surface area contributed by atoms with E-state index in [1.807, 2.05) is 0 Å². The smallest absolute Gasteiger partial charge is 0.237 e. The van der Waals surface area contributed by atoms with Gasteiger partial charge in [-0.3, -0.25) is 4.79 Å². The summed E-state index contributed by atoms with van der Waals surface area (Å²) in [5.74, 6) is 0.914. The van der Waals surface area contributed by atoms with Crippen molar-refractivity contribution in [3.8, 4) is 0 Å². The van der Waals surface area contributed by atoms with Crippen LogP contribution in [0.3, 0.4) is 0 Å². The molecule has 0 aromatic carbocycles. The lowest BCUT2D eigenvalue weighted by Crippen LogP contribution is -2.53. The molecule has 17 heavy (non-hydrogen) atoms. The van der Waals surface area contributed by atoms with Crippen molar-refractivity contribution in [1.29, 1.82) is 0 Å². The monoisotopic (exact) mass is 239 g/mol. The predicted molar refractivity (Wildman–Crippen MR) is 68.9 cm³/mol. The van der Waals surface area contributed by atoms with Crippen molar-refractivity contribution in [2.45, 2.75) is 44.7 Å². The summed E-state index contributed by atoms with van der Waals surface area (Å²) in [5, 5.41) is 6.46. The molecule has 2 rings (SSSR count). The third-order valence-electron chi connectivity index (χ3n) is 4.22. The number of nitrogens with one attached hydrogen (secondary N) is 2. The van der Waals surface area contributed by atoms with Gasteiger partial charge in [-0.1, -0.05) is 0 Å². The van der Waals surface area contributed by atoms with Gasteiger partial charge in [0.2, 0.25) is 5.91 Å². The largest absolute Gasteiger partial charge is 0.355 e. The van der Waals surface area contributed by atoms with Crippen LogP contribution in [0.1, 0.15) is 32.6 Å². The second-order valence-corrected chi connectivity index (χ2v) is 5.58. The van der Waals surface area contributed by atoms with Gasteiger partial charge in [-0.25, -0.2) is 0 Å². The van der Waals surface area contributed by atoms with E-state index in [0.29, 0.717) is 6.04 Å². The number of likely N-dealkylation sites (tertiary alicyclic amines) is 1. The fourth-order valence-electron chi connectivity index (χ4n) is 2.91. The van der Waals surface area contributed by atoms with E-state index in [9.17, 15) is 4.79 Å². The molecule has 2 saturated heterocycles. The average Bonchev–Trinajstić information content (AvgIpc) is 2.33. The molecule has 0 radical (unpaired) electrons. The fraction of sp³-hybridized carbons (Fsp3) is 0.923. The van der Waals surface area contributed by atoms with Crippen LogP contribution in [0.5, 0.6) is 0 Å². The molecule has 4 heteroatoms. The van der Waals surface area contributed by atoms with Gasteiger partial charge in [0.15, 0.2) is 0 Å². The molecule has 2 atom stereocenters. The maximum Gasteiger partial charge on any atom is 0.237 e. The third kappa shape index (κ3) is 3.42. The van der Waals surface area contributed by atoms with Crippen LogP contribution in [0.15, 0.2) is 0 Å². The topological polar surface area (TPSA) is 44.4 Å². The molecule has 98 valence electrons. The number of rotatable bonds is 3. The molecule has 2 N–H and O–H groups in total. The molecule has 1 amide bonds. The van der Waals surface area contributed by atoms with Gasteiger partial charge in [-0.05, 0) is 58.7 Å². The maximum absolute atomic E-state index is 11.7. The molecule has 0 bridgehead atoms. The third-order valence-corrected chi connectivity index (χ3v) is 4.22. The second kappa shape index (κ2) is 5.83. The highest BCUT2D eigenvalue weighted by Crippen LogP contribution is 2.20. The number of nitrogens with zero attached hydrogens (tertiary/aromatic N) is 1. The van der Waals surface area contributed by atoms with Crippen LogP contribution in [0.25, 0.3) is 0 Å². The molecule has 2 unspecified atom stereocenters. The first-order valence-corrected chi connectivity index (χ1v) is 6.89. The van der Waals surface area contributed by atoms with E-state index < -0.39 is 0 Å². The SMILES string of the molecule is CC(NC1CCCNC1=O)C1CCN(C)CC1. The van der Waals surface area contributed by atoms with E-state index in [4.69, 9.17) is 0 Å². The van der Waals surface area contributed by atoms with Crippen LogP contribution < -0.4 is 10.6 Å². The van der Waals surface area contributed by atoms with Gasteiger partial charge in [0.05, 0.1) is 6.04 Å². The Morgan fingerprint density at radius 1 is 1.35 bits per heavy atom. The molecule has 2 fully saturated rings. The fourth-order valence-corrected chi connectivity index (χ4v) is 2.91. The molecule has 0 aliphatic carbocycles. The average molecular weight is 239 g/mol. The Bertz CT molecular complexity index is 261. The number of hydrogen-bond acceptors (Lipinski definition) is 3. The van der Waals surface area contributed by atoms with Crippen LogP contribution in [0, 0.1) is 5.92 Å². The molecule has 2 heterocycles. The molecule has 0 saturated carbocycles. The number of carbonyl (C=O) groups is 1. The number of amides is 1. The summed E-state index contributed by atoms with van der Waals surface area (Å²) in [6, 6.07) is 0.496. The highest BCUT2D eigenvalue weighted by Gasteiger charge is 2.27. The lowest BCUT2D eigenvalue weighted by atomic mass is 9.89. The van der Waals surface area contributed by atoms with Crippen LogP contribution in [0.4, 0.5) is 0 Å². The van der Waals surface area contributed by atoms with Crippen molar-refractivity contribution in [2.24, 2.45) is 5.92 Å². The highest BCUT2D eigenvalue weighted by molar-refractivity contribution is 5.82. The Hall–Kier alpha value is -0.610. The Kier molecular flexibility index (Phi) is 4.40. The van der Waals surface area contributed by atoms with E-state index in [-0.39, 0.29) is 11.9 Å². The minimum atomic E-state index is 0.0402. The molecule has 0 aromatic heterocycles. The zero-order valence-electron chi connectivity index (χ0n) is 11.0. The number of hydrogen-bond donors (Lipinski definition) is 2. The van der Waals surface area contributed by atoms with Gasteiger partial charge < -0.3 is 15.5 Å². The standard InChI is InChI=1S/C13H25N3O/c1-10(11-5-8-16(2)9-6-11)15-12-4-3-7-14-13(12)17/h10-12,15H,3-9H2,1-2H3,(H,14,17). The Morgan fingerprint density at radius 3 is 2.71 bits per heavy atom. The summed E-state index contributed by atoms with van der Waals surface area (Å²) in [6.45, 7) is 5.46. The Balaban J connectivity index is 1.79. The van der Waals surface area contributed by atoms with Gasteiger partial charge in [-0.15, -0.1) is 0 Å². The zero-order chi connectivity index (χ0) is 12.3. The minimum Gasteiger partial charge on any atom is -0.355 e. The second-order valence-electron chi connectivity index (χ2n) is 5.58. The van der Waals surface area contributed by atoms with Gasteiger partial charge in [0, 0.05) is 12.6 Å². The lowest BCUT2D eigenvalue weighted by molar-refractivity contribution is -0.124. The highest BCUT2D eigenvalue weighted by atomic mass is 16.2. The van der Waals surface area contributed by atoms with E-state index in [1.54, 1.807) is 0 Å². The molecule has 0 aromatic rings. The zero-order valence-corrected chi connectivity index (χ0v) is 11.0. The lowest BCUT2D eigenvalue weighted by Gasteiger charge is -2.35. The first kappa shape index (κ1) is 12.8. The van der Waals surface area contributed by atoms with Crippen LogP contribution in [0.2, 0.25) is 0 Å². The van der Waals surface area contributed by atoms with E-state index in [0.717, 1.165) is 25.3 Å². The van der Waals surface area contributed by atoms with Crippen molar-refractivity contribution in [3.05, 3.63) is 0 Å². The van der Waals surface area contributed by atoms with Gasteiger partial charge in [0.1, 0.15) is 0 Å². The molecule has 2 aliphatic heterocycles. The van der Waals surface area contributed by atoms with Crippen LogP contribution in [-0.4, -0.2) is 49.6 Å². The predicted octanol–water partition coefficient (Wildman–Crippen LogP) is 0.585. The summed E-state index contributed by atoms with van der Waals surface area (Å²) in [7, 11) is 2.18. The minimum absolute atomic E-state index is 0.0402. The molecule has 0 spiro atoms. The summed E-state index contributed by atoms with van der Waals surface area (Å²) >= 11 is 0. The normalized spacial score (nSPS) is 30.0. The van der Waals surface area contributed by atoms with Gasteiger partial charge in [-0.2, -0.15) is 0 Å². The van der Waals surface area contributed by atoms with Gasteiger partial charge >= 0.3 is 0 Å². The molecular weight excluding hydrogens is 214 g/mol. The Labute approximate surface area is 104 Å². The maximum atomic E-state index is 11.7. The summed E-state index contributed by atoms with van der Waals surface area (Å²) in [6.07, 6.45) is 4.59. The molecule has 2 aliphatic rings. The first-order valence-electron chi connectivity index (χ1n) is 6.89. The summed E-state index contributed by atoms with van der Waals surface area (Å²) in [5.41, 5.74) is 0. The van der Waals surface area contributed by atoms with Crippen LogP contribution in [-0.2, 0) is 4.79 Å².